The van der Waals surface area contributed by atoms with E-state index in [0.29, 0.717) is 25.3 Å². The number of aromatic nitrogens is 1. The highest BCUT2D eigenvalue weighted by molar-refractivity contribution is 7.09. The average Bonchev–Trinajstić information content (AvgIpc) is 3.53. The van der Waals surface area contributed by atoms with E-state index < -0.39 is 0 Å². The zero-order valence-corrected chi connectivity index (χ0v) is 19.7. The topological polar surface area (TPSA) is 54.9 Å². The Hall–Kier alpha value is -2.97. The van der Waals surface area contributed by atoms with Crippen LogP contribution in [0.15, 0.2) is 47.8 Å². The summed E-state index contributed by atoms with van der Waals surface area (Å²) in [6.45, 7) is 3.37. The van der Waals surface area contributed by atoms with Gasteiger partial charge in [0.2, 0.25) is 0 Å². The number of carbonyl (C=O) groups excluding carboxylic acids is 1. The molecule has 0 radical (unpaired) electrons. The van der Waals surface area contributed by atoms with E-state index in [2.05, 4.69) is 9.88 Å². The zero-order chi connectivity index (χ0) is 23.2. The molecule has 2 aromatic carbocycles. The predicted molar refractivity (Wildman–Crippen MR) is 126 cm³/mol. The summed E-state index contributed by atoms with van der Waals surface area (Å²) in [5.41, 5.74) is 2.51. The molecule has 33 heavy (non-hydrogen) atoms. The molecule has 0 aliphatic carbocycles. The lowest BCUT2D eigenvalue weighted by Gasteiger charge is -2.23. The van der Waals surface area contributed by atoms with Crippen molar-refractivity contribution in [3.8, 4) is 11.5 Å². The lowest BCUT2D eigenvalue weighted by atomic mass is 10.1. The molecule has 2 heterocycles. The number of benzene rings is 2. The molecule has 1 aromatic heterocycles. The maximum Gasteiger partial charge on any atom is 0.273 e. The second-order valence-corrected chi connectivity index (χ2v) is 9.02. The van der Waals surface area contributed by atoms with Crippen molar-refractivity contribution < 1.29 is 18.7 Å². The molecule has 6 nitrogen and oxygen atoms in total. The molecule has 1 saturated heterocycles. The van der Waals surface area contributed by atoms with Gasteiger partial charge in [-0.2, -0.15) is 0 Å². The molecule has 0 unspecified atom stereocenters. The highest BCUT2D eigenvalue weighted by atomic mass is 32.1. The Morgan fingerprint density at radius 2 is 1.82 bits per heavy atom. The van der Waals surface area contributed by atoms with Crippen LogP contribution in [0, 0.1) is 5.82 Å². The Labute approximate surface area is 197 Å². The van der Waals surface area contributed by atoms with Crippen molar-refractivity contribution in [3.05, 3.63) is 75.5 Å². The maximum absolute atomic E-state index is 13.4. The van der Waals surface area contributed by atoms with Crippen LogP contribution >= 0.6 is 11.3 Å². The predicted octanol–water partition coefficient (Wildman–Crippen LogP) is 4.74. The van der Waals surface area contributed by atoms with Crippen LogP contribution in [0.5, 0.6) is 11.5 Å². The molecule has 4 rings (SSSR count). The minimum absolute atomic E-state index is 0.0110. The van der Waals surface area contributed by atoms with Gasteiger partial charge in [-0.05, 0) is 36.6 Å². The van der Waals surface area contributed by atoms with E-state index in [4.69, 9.17) is 9.47 Å². The molecule has 1 fully saturated rings. The fourth-order valence-corrected chi connectivity index (χ4v) is 4.80. The van der Waals surface area contributed by atoms with Gasteiger partial charge < -0.3 is 14.4 Å². The van der Waals surface area contributed by atoms with E-state index in [0.717, 1.165) is 53.6 Å². The number of likely N-dealkylation sites (tertiary alicyclic amines) is 1. The minimum atomic E-state index is -0.257. The van der Waals surface area contributed by atoms with Crippen LogP contribution < -0.4 is 9.47 Å². The van der Waals surface area contributed by atoms with E-state index in [1.54, 1.807) is 26.4 Å². The summed E-state index contributed by atoms with van der Waals surface area (Å²) >= 11 is 1.49. The number of nitrogens with zero attached hydrogens (tertiary/aromatic N) is 3. The number of hydrogen-bond acceptors (Lipinski definition) is 6. The van der Waals surface area contributed by atoms with E-state index in [1.807, 2.05) is 28.5 Å². The van der Waals surface area contributed by atoms with Crippen molar-refractivity contribution >= 4 is 17.2 Å². The first-order valence-corrected chi connectivity index (χ1v) is 11.8. The van der Waals surface area contributed by atoms with Crippen LogP contribution in [0.25, 0.3) is 0 Å². The number of hydrogen-bond donors (Lipinski definition) is 0. The Morgan fingerprint density at radius 3 is 2.52 bits per heavy atom. The Kier molecular flexibility index (Phi) is 7.57. The molecule has 1 aliphatic rings. The van der Waals surface area contributed by atoms with Crippen molar-refractivity contribution in [1.82, 2.24) is 14.8 Å². The van der Waals surface area contributed by atoms with Gasteiger partial charge in [-0.15, -0.1) is 11.3 Å². The quantitative estimate of drug-likeness (QED) is 0.453. The molecular formula is C25H28FN3O3S. The maximum atomic E-state index is 13.4. The SMILES string of the molecule is COc1ccc(CN(Cc2ccc(F)cc2)Cc2nc(C(=O)N3CCCC3)cs2)c(OC)c1. The van der Waals surface area contributed by atoms with Gasteiger partial charge in [0.15, 0.2) is 0 Å². The van der Waals surface area contributed by atoms with Crippen molar-refractivity contribution in [2.45, 2.75) is 32.5 Å². The summed E-state index contributed by atoms with van der Waals surface area (Å²) < 4.78 is 24.3. The van der Waals surface area contributed by atoms with Gasteiger partial charge in [-0.1, -0.05) is 18.2 Å². The number of thiazole rings is 1. The molecule has 0 bridgehead atoms. The first-order valence-electron chi connectivity index (χ1n) is 11.0. The standard InChI is InChI=1S/C25H28FN3O3S/c1-31-21-10-7-19(23(13-21)32-2)15-28(14-18-5-8-20(26)9-6-18)16-24-27-22(17-33-24)25(30)29-11-3-4-12-29/h5-10,13,17H,3-4,11-12,14-16H2,1-2H3. The lowest BCUT2D eigenvalue weighted by Crippen LogP contribution is -2.28. The number of rotatable bonds is 9. The summed E-state index contributed by atoms with van der Waals surface area (Å²) in [4.78, 5) is 21.4. The fourth-order valence-electron chi connectivity index (χ4n) is 3.99. The van der Waals surface area contributed by atoms with E-state index in [1.165, 1.54) is 23.5 Å². The van der Waals surface area contributed by atoms with Crippen molar-refractivity contribution in [2.75, 3.05) is 27.3 Å². The number of ether oxygens (including phenoxy) is 2. The molecule has 3 aromatic rings. The van der Waals surface area contributed by atoms with Gasteiger partial charge in [0, 0.05) is 43.2 Å². The van der Waals surface area contributed by atoms with Crippen LogP contribution in [-0.2, 0) is 19.6 Å². The first-order chi connectivity index (χ1) is 16.1. The average molecular weight is 470 g/mol. The number of carbonyl (C=O) groups is 1. The van der Waals surface area contributed by atoms with Gasteiger partial charge >= 0.3 is 0 Å². The summed E-state index contributed by atoms with van der Waals surface area (Å²) in [7, 11) is 3.26. The van der Waals surface area contributed by atoms with Gasteiger partial charge in [0.25, 0.3) is 5.91 Å². The highest BCUT2D eigenvalue weighted by Gasteiger charge is 2.22. The normalized spacial score (nSPS) is 13.5. The highest BCUT2D eigenvalue weighted by Crippen LogP contribution is 2.27. The lowest BCUT2D eigenvalue weighted by molar-refractivity contribution is 0.0787. The van der Waals surface area contributed by atoms with Crippen LogP contribution in [0.1, 0.15) is 39.5 Å². The van der Waals surface area contributed by atoms with Crippen molar-refractivity contribution in [1.29, 1.82) is 0 Å². The third-order valence-electron chi connectivity index (χ3n) is 5.73. The Bertz CT molecular complexity index is 1080. The third kappa shape index (κ3) is 5.89. The summed E-state index contributed by atoms with van der Waals surface area (Å²) in [5.74, 6) is 1.22. The molecule has 0 spiro atoms. The van der Waals surface area contributed by atoms with Crippen LogP contribution in [0.3, 0.4) is 0 Å². The fraction of sp³-hybridized carbons (Fsp3) is 0.360. The molecule has 174 valence electrons. The number of amides is 1. The van der Waals surface area contributed by atoms with E-state index in [-0.39, 0.29) is 11.7 Å². The van der Waals surface area contributed by atoms with E-state index >= 15 is 0 Å². The molecular weight excluding hydrogens is 441 g/mol. The second-order valence-electron chi connectivity index (χ2n) is 8.08. The monoisotopic (exact) mass is 469 g/mol. The molecule has 1 aliphatic heterocycles. The van der Waals surface area contributed by atoms with Crippen LogP contribution in [0.4, 0.5) is 4.39 Å². The Balaban J connectivity index is 1.54. The smallest absolute Gasteiger partial charge is 0.273 e. The summed E-state index contributed by atoms with van der Waals surface area (Å²) in [5, 5.41) is 2.71. The van der Waals surface area contributed by atoms with Gasteiger partial charge in [0.05, 0.1) is 20.8 Å². The van der Waals surface area contributed by atoms with Crippen molar-refractivity contribution in [2.24, 2.45) is 0 Å². The van der Waals surface area contributed by atoms with Crippen LogP contribution in [-0.4, -0.2) is 48.0 Å². The number of methoxy groups -OCH3 is 2. The second kappa shape index (κ2) is 10.8. The summed E-state index contributed by atoms with van der Waals surface area (Å²) in [6.07, 6.45) is 2.11. The van der Waals surface area contributed by atoms with Gasteiger partial charge in [0.1, 0.15) is 28.0 Å². The molecule has 8 heteroatoms. The molecule has 0 saturated carbocycles. The van der Waals surface area contributed by atoms with Gasteiger partial charge in [-0.3, -0.25) is 9.69 Å². The van der Waals surface area contributed by atoms with Crippen LogP contribution in [0.2, 0.25) is 0 Å². The molecule has 0 N–H and O–H groups in total. The third-order valence-corrected chi connectivity index (χ3v) is 6.56. The Morgan fingerprint density at radius 1 is 1.06 bits per heavy atom. The molecule has 0 atom stereocenters. The van der Waals surface area contributed by atoms with Gasteiger partial charge in [-0.25, -0.2) is 9.37 Å². The largest absolute Gasteiger partial charge is 0.497 e. The summed E-state index contributed by atoms with van der Waals surface area (Å²) in [6, 6.07) is 12.3. The number of halogens is 1. The minimum Gasteiger partial charge on any atom is -0.497 e. The van der Waals surface area contributed by atoms with E-state index in [9.17, 15) is 9.18 Å². The first kappa shape index (κ1) is 23.2. The van der Waals surface area contributed by atoms with Crippen molar-refractivity contribution in [3.63, 3.8) is 0 Å². The zero-order valence-electron chi connectivity index (χ0n) is 18.9. The molecule has 1 amide bonds.